The van der Waals surface area contributed by atoms with Gasteiger partial charge in [0, 0.05) is 54.2 Å². The second kappa shape index (κ2) is 14.2. The average Bonchev–Trinajstić information content (AvgIpc) is 3.88. The number of amides is 2. The monoisotopic (exact) mass is 716 g/mol. The van der Waals surface area contributed by atoms with Crippen molar-refractivity contribution in [2.75, 3.05) is 18.0 Å². The van der Waals surface area contributed by atoms with Gasteiger partial charge in [-0.1, -0.05) is 59.1 Å². The molecule has 2 aromatic carbocycles. The van der Waals surface area contributed by atoms with Gasteiger partial charge in [-0.3, -0.25) is 14.4 Å². The van der Waals surface area contributed by atoms with Crippen molar-refractivity contribution >= 4 is 33.4 Å². The summed E-state index contributed by atoms with van der Waals surface area (Å²) < 4.78 is 9.23. The molecule has 3 heterocycles. The van der Waals surface area contributed by atoms with E-state index in [1.807, 2.05) is 42.5 Å². The molecular formula is C38H45BrN4O5. The normalized spacial score (nSPS) is 21.7. The Morgan fingerprint density at radius 2 is 1.79 bits per heavy atom. The summed E-state index contributed by atoms with van der Waals surface area (Å²) in [6, 6.07) is 16.9. The van der Waals surface area contributed by atoms with Crippen molar-refractivity contribution in [2.45, 2.75) is 107 Å². The van der Waals surface area contributed by atoms with Gasteiger partial charge >= 0.3 is 0 Å². The fourth-order valence-corrected chi connectivity index (χ4v) is 8.60. The molecule has 3 N–H and O–H groups in total. The zero-order valence-corrected chi connectivity index (χ0v) is 28.9. The molecule has 0 radical (unpaired) electrons. The third kappa shape index (κ3) is 6.98. The number of ether oxygens (including phenoxy) is 1. The zero-order chi connectivity index (χ0) is 33.3. The van der Waals surface area contributed by atoms with E-state index < -0.39 is 12.1 Å². The molecule has 0 unspecified atom stereocenters. The van der Waals surface area contributed by atoms with Crippen LogP contribution in [0, 0.1) is 0 Å². The fourth-order valence-electron chi connectivity index (χ4n) is 8.22. The van der Waals surface area contributed by atoms with Gasteiger partial charge in [0.1, 0.15) is 17.0 Å². The molecular weight excluding hydrogens is 672 g/mol. The van der Waals surface area contributed by atoms with Gasteiger partial charge in [0.25, 0.3) is 11.5 Å². The highest BCUT2D eigenvalue weighted by molar-refractivity contribution is 9.10. The van der Waals surface area contributed by atoms with Crippen molar-refractivity contribution in [2.24, 2.45) is 0 Å². The molecule has 2 amide bonds. The predicted octanol–water partition coefficient (Wildman–Crippen LogP) is 5.98. The summed E-state index contributed by atoms with van der Waals surface area (Å²) in [5.41, 5.74) is 2.23. The summed E-state index contributed by atoms with van der Waals surface area (Å²) in [6.07, 6.45) is 11.2. The largest absolute Gasteiger partial charge is 0.487 e. The van der Waals surface area contributed by atoms with E-state index in [1.54, 1.807) is 16.8 Å². The van der Waals surface area contributed by atoms with Crippen molar-refractivity contribution in [3.8, 4) is 5.75 Å². The summed E-state index contributed by atoms with van der Waals surface area (Å²) in [5, 5.41) is 18.5. The van der Waals surface area contributed by atoms with Gasteiger partial charge in [-0.2, -0.15) is 0 Å². The Bertz CT molecular complexity index is 1700. The first-order valence-electron chi connectivity index (χ1n) is 17.6. The molecule has 2 aliphatic carbocycles. The van der Waals surface area contributed by atoms with Crippen LogP contribution in [0.3, 0.4) is 0 Å². The number of benzene rings is 2. The second-order valence-electron chi connectivity index (χ2n) is 14.1. The van der Waals surface area contributed by atoms with Crippen molar-refractivity contribution in [3.05, 3.63) is 92.3 Å². The standard InChI is InChI=1S/C38H45BrN4O5/c39-27-14-15-34-29(21-27)31(22-38(48-34)16-6-7-17-38)40-23-33(44)30(19-25-9-2-1-3-10-25)41-36(46)26-20-32(42-18-8-13-35(42)45)37(47)43(24-26)28-11-4-5-12-28/h1-3,9-10,14-15,20-21,24,28,30-31,33,40,44H,4-8,11-13,16-19,22-23H2,(H,41,46)/t30-,31-,33+/m0/s1. The van der Waals surface area contributed by atoms with Gasteiger partial charge in [-0.15, -0.1) is 0 Å². The minimum atomic E-state index is -0.910. The molecule has 2 saturated carbocycles. The summed E-state index contributed by atoms with van der Waals surface area (Å²) in [4.78, 5) is 42.0. The summed E-state index contributed by atoms with van der Waals surface area (Å²) in [6.45, 7) is 0.734. The number of aliphatic hydroxyl groups is 1. The number of anilines is 1. The van der Waals surface area contributed by atoms with Gasteiger partial charge in [-0.25, -0.2) is 0 Å². The SMILES string of the molecule is O=C(N[C@@H](Cc1ccccc1)[C@H](O)CN[C@H]1CC2(CCCC2)Oc2ccc(Br)cc21)c1cc(N2CCCC2=O)c(=O)n(C2CCCC2)c1. The Morgan fingerprint density at radius 1 is 1.02 bits per heavy atom. The number of hydrogen-bond donors (Lipinski definition) is 3. The predicted molar refractivity (Wildman–Crippen MR) is 189 cm³/mol. The van der Waals surface area contributed by atoms with Crippen LogP contribution in [0.2, 0.25) is 0 Å². The first-order valence-corrected chi connectivity index (χ1v) is 18.4. The molecule has 3 aromatic rings. The maximum Gasteiger partial charge on any atom is 0.274 e. The fraction of sp³-hybridized carbons (Fsp3) is 0.500. The molecule has 2 aliphatic heterocycles. The number of carbonyl (C=O) groups is 2. The summed E-state index contributed by atoms with van der Waals surface area (Å²) >= 11 is 3.62. The highest BCUT2D eigenvalue weighted by Gasteiger charge is 2.43. The van der Waals surface area contributed by atoms with Crippen molar-refractivity contribution < 1.29 is 19.4 Å². The maximum atomic E-state index is 14.1. The molecule has 10 heteroatoms. The Hall–Kier alpha value is -3.47. The zero-order valence-electron chi connectivity index (χ0n) is 27.3. The van der Waals surface area contributed by atoms with Crippen LogP contribution in [-0.2, 0) is 11.2 Å². The molecule has 254 valence electrons. The highest BCUT2D eigenvalue weighted by atomic mass is 79.9. The van der Waals surface area contributed by atoms with E-state index in [9.17, 15) is 19.5 Å². The van der Waals surface area contributed by atoms with E-state index in [2.05, 4.69) is 32.6 Å². The Labute approximate surface area is 290 Å². The molecule has 7 rings (SSSR count). The van der Waals surface area contributed by atoms with Crippen LogP contribution >= 0.6 is 15.9 Å². The van der Waals surface area contributed by atoms with Gasteiger partial charge in [0.2, 0.25) is 5.91 Å². The van der Waals surface area contributed by atoms with E-state index in [1.165, 1.54) is 4.90 Å². The number of aliphatic hydroxyl groups excluding tert-OH is 1. The third-order valence-electron chi connectivity index (χ3n) is 10.8. The number of halogens is 1. The molecule has 3 atom stereocenters. The minimum absolute atomic E-state index is 0.00200. The van der Waals surface area contributed by atoms with E-state index >= 15 is 0 Å². The first kappa shape index (κ1) is 33.0. The van der Waals surface area contributed by atoms with Gasteiger partial charge in [-0.05, 0) is 81.2 Å². The van der Waals surface area contributed by atoms with Gasteiger partial charge in [0.05, 0.1) is 17.7 Å². The Morgan fingerprint density at radius 3 is 2.52 bits per heavy atom. The minimum Gasteiger partial charge on any atom is -0.487 e. The number of pyridine rings is 1. The van der Waals surface area contributed by atoms with Crippen molar-refractivity contribution in [3.63, 3.8) is 0 Å². The maximum absolute atomic E-state index is 14.1. The summed E-state index contributed by atoms with van der Waals surface area (Å²) in [7, 11) is 0. The van der Waals surface area contributed by atoms with E-state index in [-0.39, 0.29) is 47.3 Å². The van der Waals surface area contributed by atoms with Crippen LogP contribution in [0.4, 0.5) is 5.69 Å². The van der Waals surface area contributed by atoms with Crippen LogP contribution in [0.25, 0.3) is 0 Å². The number of aromatic nitrogens is 1. The van der Waals surface area contributed by atoms with Crippen LogP contribution in [0.1, 0.15) is 104 Å². The molecule has 3 fully saturated rings. The van der Waals surface area contributed by atoms with Crippen molar-refractivity contribution in [1.29, 1.82) is 0 Å². The highest BCUT2D eigenvalue weighted by Crippen LogP contribution is 2.47. The quantitative estimate of drug-likeness (QED) is 0.238. The lowest BCUT2D eigenvalue weighted by Crippen LogP contribution is -2.50. The number of fused-ring (bicyclic) bond motifs is 1. The van der Waals surface area contributed by atoms with Crippen LogP contribution < -0.4 is 25.8 Å². The van der Waals surface area contributed by atoms with E-state index in [0.29, 0.717) is 31.4 Å². The Kier molecular flexibility index (Phi) is 9.76. The van der Waals surface area contributed by atoms with Gasteiger partial charge < -0.3 is 29.9 Å². The summed E-state index contributed by atoms with van der Waals surface area (Å²) in [5.74, 6) is 0.421. The molecule has 0 bridgehead atoms. The molecule has 1 aromatic heterocycles. The number of nitrogens with zero attached hydrogens (tertiary/aromatic N) is 2. The molecule has 48 heavy (non-hydrogen) atoms. The van der Waals surface area contributed by atoms with E-state index in [4.69, 9.17) is 4.74 Å². The van der Waals surface area contributed by atoms with Crippen LogP contribution in [-0.4, -0.2) is 52.3 Å². The second-order valence-corrected chi connectivity index (χ2v) is 15.0. The van der Waals surface area contributed by atoms with E-state index in [0.717, 1.165) is 79.1 Å². The third-order valence-corrected chi connectivity index (χ3v) is 11.3. The lowest BCUT2D eigenvalue weighted by Gasteiger charge is -2.41. The molecule has 1 spiro atoms. The lowest BCUT2D eigenvalue weighted by atomic mass is 9.85. The smallest absolute Gasteiger partial charge is 0.274 e. The Balaban J connectivity index is 1.14. The lowest BCUT2D eigenvalue weighted by molar-refractivity contribution is -0.117. The topological polar surface area (TPSA) is 113 Å². The molecule has 1 saturated heterocycles. The van der Waals surface area contributed by atoms with Crippen LogP contribution in [0.15, 0.2) is 70.1 Å². The molecule has 9 nitrogen and oxygen atoms in total. The van der Waals surface area contributed by atoms with Crippen LogP contribution in [0.5, 0.6) is 5.75 Å². The number of hydrogen-bond acceptors (Lipinski definition) is 6. The number of rotatable bonds is 10. The number of carbonyl (C=O) groups excluding carboxylic acids is 2. The number of nitrogens with one attached hydrogen (secondary N) is 2. The average molecular weight is 718 g/mol. The van der Waals surface area contributed by atoms with Crippen molar-refractivity contribution in [1.82, 2.24) is 15.2 Å². The van der Waals surface area contributed by atoms with Gasteiger partial charge in [0.15, 0.2) is 0 Å². The first-order chi connectivity index (χ1) is 23.3. The molecule has 4 aliphatic rings.